The highest BCUT2D eigenvalue weighted by molar-refractivity contribution is 5.85. The lowest BCUT2D eigenvalue weighted by molar-refractivity contribution is -0.137. The smallest absolute Gasteiger partial charge is 0.234 e. The third kappa shape index (κ3) is 6.28. The second-order valence-electron chi connectivity index (χ2n) is 6.09. The molecule has 0 radical (unpaired) electrons. The van der Waals surface area contributed by atoms with Crippen LogP contribution in [0.3, 0.4) is 0 Å². The van der Waals surface area contributed by atoms with E-state index in [9.17, 15) is 9.59 Å². The number of amides is 2. The van der Waals surface area contributed by atoms with Gasteiger partial charge in [0, 0.05) is 38.3 Å². The molecule has 2 rings (SSSR count). The van der Waals surface area contributed by atoms with Gasteiger partial charge in [-0.3, -0.25) is 14.5 Å². The van der Waals surface area contributed by atoms with E-state index in [0.717, 1.165) is 25.9 Å². The highest BCUT2D eigenvalue weighted by atomic mass is 35.5. The molecule has 130 valence electrons. The number of piperazine rings is 1. The van der Waals surface area contributed by atoms with Gasteiger partial charge in [0.05, 0.1) is 12.5 Å². The summed E-state index contributed by atoms with van der Waals surface area (Å²) in [5.74, 6) is 0.0954. The molecule has 0 aromatic heterocycles. The van der Waals surface area contributed by atoms with Gasteiger partial charge in [-0.25, -0.2) is 0 Å². The molecule has 2 fully saturated rings. The van der Waals surface area contributed by atoms with E-state index in [1.165, 1.54) is 0 Å². The quantitative estimate of drug-likeness (QED) is 0.740. The molecule has 0 aromatic carbocycles. The molecule has 2 atom stereocenters. The first-order chi connectivity index (χ1) is 9.47. The van der Waals surface area contributed by atoms with E-state index in [-0.39, 0.29) is 48.6 Å². The van der Waals surface area contributed by atoms with Crippen LogP contribution in [0.25, 0.3) is 0 Å². The second kappa shape index (κ2) is 9.55. The van der Waals surface area contributed by atoms with Gasteiger partial charge in [0.15, 0.2) is 0 Å². The largest absolute Gasteiger partial charge is 0.352 e. The van der Waals surface area contributed by atoms with Crippen LogP contribution in [0, 0.1) is 5.92 Å². The molecular weight excluding hydrogens is 327 g/mol. The van der Waals surface area contributed by atoms with Crippen molar-refractivity contribution in [1.29, 1.82) is 0 Å². The van der Waals surface area contributed by atoms with Crippen molar-refractivity contribution in [3.63, 3.8) is 0 Å². The van der Waals surface area contributed by atoms with E-state index in [2.05, 4.69) is 10.2 Å². The first-order valence-corrected chi connectivity index (χ1v) is 7.53. The lowest BCUT2D eigenvalue weighted by Crippen LogP contribution is -2.53. The fourth-order valence-electron chi connectivity index (χ4n) is 2.34. The molecule has 0 bridgehead atoms. The molecule has 2 aliphatic rings. The molecule has 2 amide bonds. The Hall–Kier alpha value is -0.560. The summed E-state index contributed by atoms with van der Waals surface area (Å²) in [5.41, 5.74) is 5.78. The zero-order valence-electron chi connectivity index (χ0n) is 13.3. The summed E-state index contributed by atoms with van der Waals surface area (Å²) >= 11 is 0. The number of carbonyl (C=O) groups excluding carboxylic acids is 2. The van der Waals surface area contributed by atoms with E-state index in [0.29, 0.717) is 25.7 Å². The van der Waals surface area contributed by atoms with E-state index in [1.54, 1.807) is 0 Å². The predicted octanol–water partition coefficient (Wildman–Crippen LogP) is 0.236. The van der Waals surface area contributed by atoms with Gasteiger partial charge in [-0.1, -0.05) is 6.92 Å². The highest BCUT2D eigenvalue weighted by Crippen LogP contribution is 2.18. The van der Waals surface area contributed by atoms with Gasteiger partial charge < -0.3 is 16.0 Å². The Labute approximate surface area is 145 Å². The first-order valence-electron chi connectivity index (χ1n) is 7.53. The average Bonchev–Trinajstić information content (AvgIpc) is 3.21. The molecule has 22 heavy (non-hydrogen) atoms. The van der Waals surface area contributed by atoms with Gasteiger partial charge in [0.25, 0.3) is 0 Å². The Kier molecular flexibility index (Phi) is 9.31. The highest BCUT2D eigenvalue weighted by Gasteiger charge is 2.28. The SMILES string of the molecule is CC(N)C(C)C(=O)N1CCN(CC(=O)NC2CC2)CC1.Cl.Cl. The van der Waals surface area contributed by atoms with Crippen LogP contribution in [0.1, 0.15) is 26.7 Å². The minimum Gasteiger partial charge on any atom is -0.352 e. The Morgan fingerprint density at radius 3 is 2.14 bits per heavy atom. The van der Waals surface area contributed by atoms with Crippen LogP contribution >= 0.6 is 24.8 Å². The third-order valence-electron chi connectivity index (χ3n) is 4.17. The average molecular weight is 355 g/mol. The van der Waals surface area contributed by atoms with Crippen LogP contribution in [0.5, 0.6) is 0 Å². The Morgan fingerprint density at radius 1 is 1.14 bits per heavy atom. The molecule has 1 saturated carbocycles. The summed E-state index contributed by atoms with van der Waals surface area (Å²) < 4.78 is 0. The first kappa shape index (κ1) is 21.4. The number of halogens is 2. The molecule has 1 aliphatic carbocycles. The summed E-state index contributed by atoms with van der Waals surface area (Å²) in [6.45, 7) is 7.08. The van der Waals surface area contributed by atoms with E-state index >= 15 is 0 Å². The van der Waals surface area contributed by atoms with Crippen LogP contribution in [-0.2, 0) is 9.59 Å². The molecule has 1 saturated heterocycles. The molecule has 0 aromatic rings. The van der Waals surface area contributed by atoms with Crippen LogP contribution in [-0.4, -0.2) is 66.4 Å². The van der Waals surface area contributed by atoms with E-state index in [4.69, 9.17) is 5.73 Å². The maximum atomic E-state index is 12.2. The van der Waals surface area contributed by atoms with Crippen LogP contribution < -0.4 is 11.1 Å². The number of nitrogens with one attached hydrogen (secondary N) is 1. The number of carbonyl (C=O) groups is 2. The number of hydrogen-bond acceptors (Lipinski definition) is 4. The van der Waals surface area contributed by atoms with E-state index < -0.39 is 0 Å². The Morgan fingerprint density at radius 2 is 1.68 bits per heavy atom. The number of hydrogen-bond donors (Lipinski definition) is 2. The summed E-state index contributed by atoms with van der Waals surface area (Å²) in [5, 5.41) is 2.99. The zero-order chi connectivity index (χ0) is 14.7. The standard InChI is InChI=1S/C14H26N4O2.2ClH/c1-10(11(2)15)14(20)18-7-5-17(6-8-18)9-13(19)16-12-3-4-12;;/h10-12H,3-9,15H2,1-2H3,(H,16,19);2*1H. The number of nitrogens with zero attached hydrogens (tertiary/aromatic N) is 2. The van der Waals surface area contributed by atoms with Crippen LogP contribution in [0.15, 0.2) is 0 Å². The van der Waals surface area contributed by atoms with Crippen molar-refractivity contribution in [2.75, 3.05) is 32.7 Å². The molecular formula is C14H28Cl2N4O2. The maximum Gasteiger partial charge on any atom is 0.234 e. The summed E-state index contributed by atoms with van der Waals surface area (Å²) in [4.78, 5) is 27.9. The minimum absolute atomic E-state index is 0. The fourth-order valence-corrected chi connectivity index (χ4v) is 2.34. The van der Waals surface area contributed by atoms with Crippen molar-refractivity contribution in [2.24, 2.45) is 11.7 Å². The molecule has 1 aliphatic heterocycles. The number of rotatable bonds is 5. The number of nitrogens with two attached hydrogens (primary N) is 1. The van der Waals surface area contributed by atoms with Gasteiger partial charge in [-0.05, 0) is 19.8 Å². The monoisotopic (exact) mass is 354 g/mol. The van der Waals surface area contributed by atoms with Crippen molar-refractivity contribution < 1.29 is 9.59 Å². The fraction of sp³-hybridized carbons (Fsp3) is 0.857. The molecule has 6 nitrogen and oxygen atoms in total. The van der Waals surface area contributed by atoms with Gasteiger partial charge >= 0.3 is 0 Å². The Bertz CT molecular complexity index is 370. The molecule has 0 spiro atoms. The van der Waals surface area contributed by atoms with Gasteiger partial charge in [0.1, 0.15) is 0 Å². The lowest BCUT2D eigenvalue weighted by atomic mass is 10.0. The summed E-state index contributed by atoms with van der Waals surface area (Å²) in [6, 6.07) is 0.294. The molecule has 8 heteroatoms. The second-order valence-corrected chi connectivity index (χ2v) is 6.09. The van der Waals surface area contributed by atoms with Gasteiger partial charge in [0.2, 0.25) is 11.8 Å². The van der Waals surface area contributed by atoms with E-state index in [1.807, 2.05) is 18.7 Å². The predicted molar refractivity (Wildman–Crippen MR) is 91.5 cm³/mol. The maximum absolute atomic E-state index is 12.2. The zero-order valence-corrected chi connectivity index (χ0v) is 14.9. The lowest BCUT2D eigenvalue weighted by Gasteiger charge is -2.36. The van der Waals surface area contributed by atoms with Crippen molar-refractivity contribution in [1.82, 2.24) is 15.1 Å². The topological polar surface area (TPSA) is 78.7 Å². The van der Waals surface area contributed by atoms with Crippen LogP contribution in [0.4, 0.5) is 0 Å². The van der Waals surface area contributed by atoms with Crippen molar-refractivity contribution in [2.45, 2.75) is 38.8 Å². The minimum atomic E-state index is -0.139. The molecule has 3 N–H and O–H groups in total. The summed E-state index contributed by atoms with van der Waals surface area (Å²) in [6.07, 6.45) is 2.23. The van der Waals surface area contributed by atoms with Gasteiger partial charge in [-0.2, -0.15) is 0 Å². The van der Waals surface area contributed by atoms with Crippen LogP contribution in [0.2, 0.25) is 0 Å². The Balaban J connectivity index is 0.00000220. The molecule has 2 unspecified atom stereocenters. The normalized spacial score (nSPS) is 21.1. The molecule has 1 heterocycles. The van der Waals surface area contributed by atoms with Crippen molar-refractivity contribution >= 4 is 36.6 Å². The van der Waals surface area contributed by atoms with Crippen molar-refractivity contribution in [3.05, 3.63) is 0 Å². The third-order valence-corrected chi connectivity index (χ3v) is 4.17. The summed E-state index contributed by atoms with van der Waals surface area (Å²) in [7, 11) is 0. The van der Waals surface area contributed by atoms with Crippen molar-refractivity contribution in [3.8, 4) is 0 Å². The van der Waals surface area contributed by atoms with Gasteiger partial charge in [-0.15, -0.1) is 24.8 Å².